The second-order valence-electron chi connectivity index (χ2n) is 6.04. The maximum absolute atomic E-state index is 2.53. The van der Waals surface area contributed by atoms with Crippen molar-refractivity contribution in [2.45, 2.75) is 53.4 Å². The van der Waals surface area contributed by atoms with Crippen molar-refractivity contribution in [1.29, 1.82) is 0 Å². The molecule has 0 bridgehead atoms. The highest BCUT2D eigenvalue weighted by Gasteiger charge is 2.39. The zero-order valence-corrected chi connectivity index (χ0v) is 10.6. The van der Waals surface area contributed by atoms with Crippen molar-refractivity contribution >= 4 is 0 Å². The largest absolute Gasteiger partial charge is 0.0853 e. The van der Waals surface area contributed by atoms with Gasteiger partial charge >= 0.3 is 0 Å². The molecule has 2 aliphatic rings. The van der Waals surface area contributed by atoms with E-state index in [2.05, 4.69) is 39.8 Å². The van der Waals surface area contributed by atoms with Gasteiger partial charge in [0.2, 0.25) is 0 Å². The van der Waals surface area contributed by atoms with Crippen LogP contribution in [0.5, 0.6) is 0 Å². The average Bonchev–Trinajstić information content (AvgIpc) is 2.17. The summed E-state index contributed by atoms with van der Waals surface area (Å²) in [7, 11) is 0. The monoisotopic (exact) mass is 204 g/mol. The summed E-state index contributed by atoms with van der Waals surface area (Å²) < 4.78 is 0. The molecular formula is C15H24. The molecule has 0 aromatic carbocycles. The van der Waals surface area contributed by atoms with Crippen molar-refractivity contribution in [3.63, 3.8) is 0 Å². The predicted octanol–water partition coefficient (Wildman–Crippen LogP) is 4.73. The first-order valence-corrected chi connectivity index (χ1v) is 6.38. The number of allylic oxidation sites excluding steroid dienone is 4. The van der Waals surface area contributed by atoms with Crippen LogP contribution in [0.3, 0.4) is 0 Å². The molecule has 0 nitrogen and oxygen atoms in total. The standard InChI is InChI=1S/C15H24/c1-11(2)13-7-9-15(4)8-5-6-12(3)14(15)10-13/h6-7,11,14H,5,8-10H2,1-4H3/t14?,15-/m1/s1. The van der Waals surface area contributed by atoms with Crippen LogP contribution < -0.4 is 0 Å². The normalized spacial score (nSPS) is 35.9. The van der Waals surface area contributed by atoms with Gasteiger partial charge in [-0.25, -0.2) is 0 Å². The van der Waals surface area contributed by atoms with Crippen LogP contribution in [0, 0.1) is 17.3 Å². The van der Waals surface area contributed by atoms with E-state index in [-0.39, 0.29) is 0 Å². The van der Waals surface area contributed by atoms with E-state index in [1.807, 2.05) is 0 Å². The summed E-state index contributed by atoms with van der Waals surface area (Å²) >= 11 is 0. The summed E-state index contributed by atoms with van der Waals surface area (Å²) in [5.74, 6) is 1.57. The van der Waals surface area contributed by atoms with Gasteiger partial charge in [0, 0.05) is 0 Å². The smallest absolute Gasteiger partial charge is 0.0112 e. The van der Waals surface area contributed by atoms with Crippen LogP contribution in [0.1, 0.15) is 53.4 Å². The number of hydrogen-bond acceptors (Lipinski definition) is 0. The van der Waals surface area contributed by atoms with Crippen LogP contribution in [0.15, 0.2) is 23.3 Å². The third kappa shape index (κ3) is 1.91. The Labute approximate surface area is 94.5 Å². The lowest BCUT2D eigenvalue weighted by Gasteiger charge is -2.45. The lowest BCUT2D eigenvalue weighted by atomic mass is 9.60. The maximum Gasteiger partial charge on any atom is -0.0112 e. The molecule has 0 amide bonds. The summed E-state index contributed by atoms with van der Waals surface area (Å²) in [6.45, 7) is 9.49. The molecule has 0 heteroatoms. The third-order valence-corrected chi connectivity index (χ3v) is 4.58. The molecule has 0 aromatic heterocycles. The van der Waals surface area contributed by atoms with Gasteiger partial charge in [-0.2, -0.15) is 0 Å². The Kier molecular flexibility index (Phi) is 2.79. The average molecular weight is 204 g/mol. The zero-order valence-electron chi connectivity index (χ0n) is 10.6. The van der Waals surface area contributed by atoms with Gasteiger partial charge < -0.3 is 0 Å². The third-order valence-electron chi connectivity index (χ3n) is 4.58. The summed E-state index contributed by atoms with van der Waals surface area (Å²) in [5, 5.41) is 0. The van der Waals surface area contributed by atoms with Gasteiger partial charge in [0.05, 0.1) is 0 Å². The summed E-state index contributed by atoms with van der Waals surface area (Å²) in [6, 6.07) is 0. The Bertz CT molecular complexity index is 306. The molecule has 2 rings (SSSR count). The molecule has 0 aliphatic heterocycles. The van der Waals surface area contributed by atoms with E-state index < -0.39 is 0 Å². The molecule has 2 aliphatic carbocycles. The van der Waals surface area contributed by atoms with Crippen molar-refractivity contribution in [3.05, 3.63) is 23.3 Å². The SMILES string of the molecule is CC1=CCC[C@]2(C)CC=C(C(C)C)CC12. The van der Waals surface area contributed by atoms with E-state index in [0.717, 1.165) is 11.8 Å². The van der Waals surface area contributed by atoms with Gasteiger partial charge in [0.25, 0.3) is 0 Å². The van der Waals surface area contributed by atoms with E-state index in [1.54, 1.807) is 11.1 Å². The number of hydrogen-bond donors (Lipinski definition) is 0. The summed E-state index contributed by atoms with van der Waals surface area (Å²) in [6.07, 6.45) is 10.3. The van der Waals surface area contributed by atoms with Gasteiger partial charge in [-0.05, 0) is 49.9 Å². The molecular weight excluding hydrogens is 180 g/mol. The zero-order chi connectivity index (χ0) is 11.1. The van der Waals surface area contributed by atoms with Gasteiger partial charge in [-0.1, -0.05) is 44.1 Å². The minimum absolute atomic E-state index is 0.567. The van der Waals surface area contributed by atoms with Gasteiger partial charge in [0.15, 0.2) is 0 Å². The Morgan fingerprint density at radius 2 is 2.07 bits per heavy atom. The lowest BCUT2D eigenvalue weighted by molar-refractivity contribution is 0.173. The number of fused-ring (bicyclic) bond motifs is 1. The molecule has 0 saturated carbocycles. The van der Waals surface area contributed by atoms with Crippen LogP contribution in [0.4, 0.5) is 0 Å². The first-order chi connectivity index (χ1) is 7.03. The Hall–Kier alpha value is -0.520. The second-order valence-corrected chi connectivity index (χ2v) is 6.04. The molecule has 0 N–H and O–H groups in total. The quantitative estimate of drug-likeness (QED) is 0.542. The molecule has 0 fully saturated rings. The van der Waals surface area contributed by atoms with Gasteiger partial charge in [-0.15, -0.1) is 0 Å². The van der Waals surface area contributed by atoms with Crippen LogP contribution in [-0.4, -0.2) is 0 Å². The highest BCUT2D eigenvalue weighted by molar-refractivity contribution is 5.23. The first kappa shape index (κ1) is 11.0. The number of rotatable bonds is 1. The van der Waals surface area contributed by atoms with E-state index in [1.165, 1.54) is 25.7 Å². The van der Waals surface area contributed by atoms with Crippen LogP contribution in [0.25, 0.3) is 0 Å². The Morgan fingerprint density at radius 1 is 1.33 bits per heavy atom. The highest BCUT2D eigenvalue weighted by Crippen LogP contribution is 2.50. The molecule has 0 aromatic rings. The van der Waals surface area contributed by atoms with Gasteiger partial charge in [-0.3, -0.25) is 0 Å². The van der Waals surface area contributed by atoms with Crippen LogP contribution >= 0.6 is 0 Å². The topological polar surface area (TPSA) is 0 Å². The van der Waals surface area contributed by atoms with Crippen LogP contribution in [0.2, 0.25) is 0 Å². The van der Waals surface area contributed by atoms with E-state index >= 15 is 0 Å². The van der Waals surface area contributed by atoms with Gasteiger partial charge in [0.1, 0.15) is 0 Å². The molecule has 1 unspecified atom stereocenters. The van der Waals surface area contributed by atoms with Crippen molar-refractivity contribution in [1.82, 2.24) is 0 Å². The van der Waals surface area contributed by atoms with E-state index in [4.69, 9.17) is 0 Å². The Balaban J connectivity index is 2.25. The molecule has 84 valence electrons. The molecule has 0 saturated heterocycles. The first-order valence-electron chi connectivity index (χ1n) is 6.38. The summed E-state index contributed by atoms with van der Waals surface area (Å²) in [4.78, 5) is 0. The maximum atomic E-state index is 2.53. The fourth-order valence-electron chi connectivity index (χ4n) is 3.30. The van der Waals surface area contributed by atoms with Crippen molar-refractivity contribution in [2.24, 2.45) is 17.3 Å². The minimum Gasteiger partial charge on any atom is -0.0853 e. The van der Waals surface area contributed by atoms with E-state index in [9.17, 15) is 0 Å². The molecule has 0 radical (unpaired) electrons. The lowest BCUT2D eigenvalue weighted by Crippen LogP contribution is -2.34. The van der Waals surface area contributed by atoms with Crippen molar-refractivity contribution in [3.8, 4) is 0 Å². The minimum atomic E-state index is 0.567. The predicted molar refractivity (Wildman–Crippen MR) is 66.7 cm³/mol. The van der Waals surface area contributed by atoms with Crippen molar-refractivity contribution in [2.75, 3.05) is 0 Å². The van der Waals surface area contributed by atoms with Crippen LogP contribution in [-0.2, 0) is 0 Å². The highest BCUT2D eigenvalue weighted by atomic mass is 14.4. The molecule has 0 spiro atoms. The second kappa shape index (κ2) is 3.81. The molecule has 2 atom stereocenters. The molecule has 0 heterocycles. The molecule has 15 heavy (non-hydrogen) atoms. The van der Waals surface area contributed by atoms with Crippen molar-refractivity contribution < 1.29 is 0 Å². The fraction of sp³-hybridized carbons (Fsp3) is 0.733. The van der Waals surface area contributed by atoms with E-state index in [0.29, 0.717) is 5.41 Å². The fourth-order valence-corrected chi connectivity index (χ4v) is 3.30. The summed E-state index contributed by atoms with van der Waals surface area (Å²) in [5.41, 5.74) is 3.90. The Morgan fingerprint density at radius 3 is 2.73 bits per heavy atom.